The molecule has 0 spiro atoms. The van der Waals surface area contributed by atoms with E-state index in [-0.39, 0.29) is 0 Å². The first-order valence-electron chi connectivity index (χ1n) is 4.36. The number of hydrogen-bond donors (Lipinski definition) is 2. The summed E-state index contributed by atoms with van der Waals surface area (Å²) in [5.41, 5.74) is 7.74. The van der Waals surface area contributed by atoms with E-state index in [9.17, 15) is 4.79 Å². The van der Waals surface area contributed by atoms with Gasteiger partial charge >= 0.3 is 5.97 Å². The summed E-state index contributed by atoms with van der Waals surface area (Å²) in [5.74, 6) is -0.935. The summed E-state index contributed by atoms with van der Waals surface area (Å²) in [5, 5.41) is 10.7. The van der Waals surface area contributed by atoms with Gasteiger partial charge in [-0.1, -0.05) is 30.3 Å². The van der Waals surface area contributed by atoms with Gasteiger partial charge in [-0.25, -0.2) is 4.79 Å². The maximum absolute atomic E-state index is 11.0. The van der Waals surface area contributed by atoms with Crippen LogP contribution in [0.1, 0.15) is 9.67 Å². The van der Waals surface area contributed by atoms with Crippen LogP contribution in [0.15, 0.2) is 35.7 Å². The van der Waals surface area contributed by atoms with E-state index in [0.29, 0.717) is 16.1 Å². The smallest absolute Gasteiger partial charge is 0.346 e. The molecule has 0 aliphatic heterocycles. The van der Waals surface area contributed by atoms with Crippen molar-refractivity contribution < 1.29 is 9.90 Å². The van der Waals surface area contributed by atoms with E-state index >= 15 is 0 Å². The predicted octanol–water partition coefficient (Wildman–Crippen LogP) is 2.70. The molecule has 2 aromatic rings. The van der Waals surface area contributed by atoms with E-state index in [1.165, 1.54) is 0 Å². The first-order valence-corrected chi connectivity index (χ1v) is 5.24. The van der Waals surface area contributed by atoms with Crippen molar-refractivity contribution in [2.24, 2.45) is 0 Å². The molecule has 1 aromatic carbocycles. The largest absolute Gasteiger partial charge is 0.477 e. The van der Waals surface area contributed by atoms with Crippen molar-refractivity contribution in [3.63, 3.8) is 0 Å². The lowest BCUT2D eigenvalue weighted by Gasteiger charge is -2.01. The minimum absolute atomic E-state index is 0.290. The van der Waals surface area contributed by atoms with Crippen LogP contribution in [-0.4, -0.2) is 11.1 Å². The van der Waals surface area contributed by atoms with Crippen LogP contribution < -0.4 is 5.73 Å². The fourth-order valence-corrected chi connectivity index (χ4v) is 2.25. The molecule has 0 radical (unpaired) electrons. The minimum atomic E-state index is -0.935. The number of aromatic carboxylic acids is 1. The van der Waals surface area contributed by atoms with E-state index in [0.717, 1.165) is 16.9 Å². The zero-order valence-electron chi connectivity index (χ0n) is 7.81. The van der Waals surface area contributed by atoms with Gasteiger partial charge in [0.15, 0.2) is 0 Å². The lowest BCUT2D eigenvalue weighted by molar-refractivity contribution is 0.0703. The first kappa shape index (κ1) is 9.73. The summed E-state index contributed by atoms with van der Waals surface area (Å²) in [7, 11) is 0. The molecule has 0 saturated heterocycles. The van der Waals surface area contributed by atoms with Crippen LogP contribution in [0, 0.1) is 0 Å². The molecule has 3 N–H and O–H groups in total. The fraction of sp³-hybridized carbons (Fsp3) is 0. The quantitative estimate of drug-likeness (QED) is 0.816. The number of benzene rings is 1. The number of carboxylic acid groups (broad SMARTS) is 1. The first-order chi connectivity index (χ1) is 7.20. The van der Waals surface area contributed by atoms with Crippen molar-refractivity contribution in [3.05, 3.63) is 40.6 Å². The second kappa shape index (κ2) is 3.74. The topological polar surface area (TPSA) is 63.3 Å². The Morgan fingerprint density at radius 2 is 1.93 bits per heavy atom. The number of nitrogens with two attached hydrogens (primary N) is 1. The summed E-state index contributed by atoms with van der Waals surface area (Å²) in [4.78, 5) is 11.3. The number of thiophene rings is 1. The van der Waals surface area contributed by atoms with Gasteiger partial charge < -0.3 is 10.8 Å². The molecular weight excluding hydrogens is 210 g/mol. The molecule has 3 nitrogen and oxygen atoms in total. The summed E-state index contributed by atoms with van der Waals surface area (Å²) < 4.78 is 0. The highest BCUT2D eigenvalue weighted by molar-refractivity contribution is 7.13. The van der Waals surface area contributed by atoms with Gasteiger partial charge in [0.2, 0.25) is 0 Å². The molecule has 0 atom stereocenters. The highest BCUT2D eigenvalue weighted by atomic mass is 32.1. The molecule has 0 bridgehead atoms. The number of anilines is 1. The third-order valence-electron chi connectivity index (χ3n) is 2.08. The second-order valence-electron chi connectivity index (χ2n) is 3.07. The normalized spacial score (nSPS) is 10.1. The molecule has 2 rings (SSSR count). The van der Waals surface area contributed by atoms with E-state index < -0.39 is 5.97 Å². The van der Waals surface area contributed by atoms with E-state index in [1.54, 1.807) is 5.38 Å². The van der Waals surface area contributed by atoms with Crippen LogP contribution in [0.3, 0.4) is 0 Å². The van der Waals surface area contributed by atoms with Crippen LogP contribution in [0.2, 0.25) is 0 Å². The zero-order chi connectivity index (χ0) is 10.8. The van der Waals surface area contributed by atoms with E-state index in [1.807, 2.05) is 30.3 Å². The lowest BCUT2D eigenvalue weighted by atomic mass is 10.1. The number of carboxylic acids is 1. The molecule has 76 valence electrons. The summed E-state index contributed by atoms with van der Waals surface area (Å²) >= 11 is 1.15. The van der Waals surface area contributed by atoms with E-state index in [2.05, 4.69) is 0 Å². The predicted molar refractivity (Wildman–Crippen MR) is 61.1 cm³/mol. The van der Waals surface area contributed by atoms with Crippen molar-refractivity contribution >= 4 is 23.0 Å². The standard InChI is InChI=1S/C11H9NO2S/c12-8-6-15-10(11(13)14)9(8)7-4-2-1-3-5-7/h1-6H,12H2,(H,13,14). The average Bonchev–Trinajstić information content (AvgIpc) is 2.61. The molecule has 0 aliphatic rings. The Morgan fingerprint density at radius 3 is 2.53 bits per heavy atom. The second-order valence-corrected chi connectivity index (χ2v) is 3.95. The fourth-order valence-electron chi connectivity index (χ4n) is 1.43. The molecule has 0 fully saturated rings. The van der Waals surface area contributed by atoms with Crippen LogP contribution in [0.5, 0.6) is 0 Å². The monoisotopic (exact) mass is 219 g/mol. The summed E-state index contributed by atoms with van der Waals surface area (Å²) in [6.45, 7) is 0. The number of carbonyl (C=O) groups is 1. The van der Waals surface area contributed by atoms with Gasteiger partial charge in [-0.3, -0.25) is 0 Å². The van der Waals surface area contributed by atoms with Crippen LogP contribution in [-0.2, 0) is 0 Å². The Balaban J connectivity index is 2.62. The molecule has 1 aromatic heterocycles. The molecule has 4 heteroatoms. The molecule has 1 heterocycles. The van der Waals surface area contributed by atoms with Crippen molar-refractivity contribution in [2.45, 2.75) is 0 Å². The number of hydrogen-bond acceptors (Lipinski definition) is 3. The minimum Gasteiger partial charge on any atom is -0.477 e. The Hall–Kier alpha value is -1.81. The summed E-state index contributed by atoms with van der Waals surface area (Å²) in [6.07, 6.45) is 0. The Labute approximate surface area is 90.8 Å². The summed E-state index contributed by atoms with van der Waals surface area (Å²) in [6, 6.07) is 9.30. The van der Waals surface area contributed by atoms with Crippen LogP contribution in [0.4, 0.5) is 5.69 Å². The lowest BCUT2D eigenvalue weighted by Crippen LogP contribution is -1.96. The average molecular weight is 219 g/mol. The van der Waals surface area contributed by atoms with Gasteiger partial charge in [0.1, 0.15) is 4.88 Å². The molecule has 0 saturated carbocycles. The third-order valence-corrected chi connectivity index (χ3v) is 3.06. The zero-order valence-corrected chi connectivity index (χ0v) is 8.62. The Kier molecular flexibility index (Phi) is 2.43. The highest BCUT2D eigenvalue weighted by Gasteiger charge is 2.16. The molecule has 0 aliphatic carbocycles. The number of rotatable bonds is 2. The maximum Gasteiger partial charge on any atom is 0.346 e. The Morgan fingerprint density at radius 1 is 1.27 bits per heavy atom. The Bertz CT molecular complexity index is 491. The molecule has 15 heavy (non-hydrogen) atoms. The van der Waals surface area contributed by atoms with Gasteiger partial charge in [-0.2, -0.15) is 0 Å². The van der Waals surface area contributed by atoms with Gasteiger partial charge in [-0.05, 0) is 5.56 Å². The SMILES string of the molecule is Nc1csc(C(=O)O)c1-c1ccccc1. The van der Waals surface area contributed by atoms with Crippen LogP contribution >= 0.6 is 11.3 Å². The number of nitrogen functional groups attached to an aromatic ring is 1. The van der Waals surface area contributed by atoms with Crippen molar-refractivity contribution in [1.29, 1.82) is 0 Å². The maximum atomic E-state index is 11.0. The highest BCUT2D eigenvalue weighted by Crippen LogP contribution is 2.34. The van der Waals surface area contributed by atoms with Gasteiger partial charge in [-0.15, -0.1) is 11.3 Å². The van der Waals surface area contributed by atoms with Crippen molar-refractivity contribution in [1.82, 2.24) is 0 Å². The van der Waals surface area contributed by atoms with Crippen molar-refractivity contribution in [2.75, 3.05) is 5.73 Å². The molecule has 0 unspecified atom stereocenters. The van der Waals surface area contributed by atoms with E-state index in [4.69, 9.17) is 10.8 Å². The van der Waals surface area contributed by atoms with Crippen molar-refractivity contribution in [3.8, 4) is 11.1 Å². The molecular formula is C11H9NO2S. The van der Waals surface area contributed by atoms with Crippen LogP contribution in [0.25, 0.3) is 11.1 Å². The van der Waals surface area contributed by atoms with Gasteiger partial charge in [0.25, 0.3) is 0 Å². The third kappa shape index (κ3) is 1.71. The molecule has 0 amide bonds. The van der Waals surface area contributed by atoms with Gasteiger partial charge in [0, 0.05) is 10.9 Å². The van der Waals surface area contributed by atoms with Gasteiger partial charge in [0.05, 0.1) is 5.69 Å².